The number of hydrogen-bond donors (Lipinski definition) is 0. The number of rotatable bonds is 0. The van der Waals surface area contributed by atoms with E-state index < -0.39 is 7.81 Å². The van der Waals surface area contributed by atoms with Crippen LogP contribution in [0.4, 0.5) is 25.2 Å². The molecule has 1 fully saturated rings. The van der Waals surface area contributed by atoms with Crippen LogP contribution in [0.15, 0.2) is 9.88 Å². The zero-order chi connectivity index (χ0) is 13.9. The van der Waals surface area contributed by atoms with Gasteiger partial charge in [0.2, 0.25) is 0 Å². The van der Waals surface area contributed by atoms with Gasteiger partial charge in [0.05, 0.1) is 0 Å². The molecule has 1 aliphatic heterocycles. The third-order valence-corrected chi connectivity index (χ3v) is 8.05. The Morgan fingerprint density at radius 2 is 1.22 bits per heavy atom. The minimum absolute atomic E-state index is 0.733. The Labute approximate surface area is 112 Å². The third kappa shape index (κ3) is 10.4. The summed E-state index contributed by atoms with van der Waals surface area (Å²) in [6.07, 6.45) is 4.31. The fraction of sp³-hybridized carbons (Fsp3) is 0.625. The molecule has 1 aromatic rings. The summed E-state index contributed by atoms with van der Waals surface area (Å²) in [7, 11) is -10.7. The van der Waals surface area contributed by atoms with Gasteiger partial charge in [0, 0.05) is 0 Å². The van der Waals surface area contributed by atoms with Crippen LogP contribution in [0, 0.1) is 0 Å². The molecule has 10 heteroatoms. The van der Waals surface area contributed by atoms with Crippen molar-refractivity contribution in [3.63, 3.8) is 0 Å². The number of hydrogen-bond acceptors (Lipinski definition) is 0. The van der Waals surface area contributed by atoms with Gasteiger partial charge >= 0.3 is 112 Å². The second kappa shape index (κ2) is 5.10. The zero-order valence-electron chi connectivity index (χ0n) is 9.17. The average Bonchev–Trinajstić information content (AvgIpc) is 2.67. The molecule has 0 unspecified atom stereocenters. The molecular formula is C8H12F6NPSe2. The maximum absolute atomic E-state index is 10.7. The van der Waals surface area contributed by atoms with Crippen molar-refractivity contribution in [3.05, 3.63) is 13.0 Å². The van der Waals surface area contributed by atoms with Gasteiger partial charge in [-0.05, 0) is 0 Å². The van der Waals surface area contributed by atoms with E-state index in [1.54, 1.807) is 3.11 Å². The molecule has 1 nitrogen and oxygen atoms in total. The average molecular weight is 425 g/mol. The zero-order valence-corrected chi connectivity index (χ0v) is 13.5. The first kappa shape index (κ1) is 16.5. The van der Waals surface area contributed by atoms with E-state index in [1.807, 2.05) is 0 Å². The van der Waals surface area contributed by atoms with Crippen LogP contribution in [0.5, 0.6) is 0 Å². The Hall–Kier alpha value is 0.459. The van der Waals surface area contributed by atoms with Crippen LogP contribution in [-0.2, 0) is 0 Å². The first-order chi connectivity index (χ1) is 7.92. The molecule has 0 saturated carbocycles. The van der Waals surface area contributed by atoms with Crippen LogP contribution >= 0.6 is 7.81 Å². The first-order valence-electron chi connectivity index (χ1n) is 5.08. The van der Waals surface area contributed by atoms with Crippen molar-refractivity contribution in [1.29, 1.82) is 0 Å². The van der Waals surface area contributed by atoms with Gasteiger partial charge in [-0.1, -0.05) is 0 Å². The van der Waals surface area contributed by atoms with Crippen LogP contribution in [-0.4, -0.2) is 42.1 Å². The number of piperidine rings is 1. The van der Waals surface area contributed by atoms with Crippen LogP contribution in [0.1, 0.15) is 19.3 Å². The standard InChI is InChI=1S/C8H12NSe2.F6P/c1-2-4-9(5-3-1)8-10-6-7-11-8;1-7(2,3,4,5)6/h6-7H,1-5H2;/q+1;-1. The van der Waals surface area contributed by atoms with Gasteiger partial charge in [-0.25, -0.2) is 0 Å². The number of halogens is 6. The van der Waals surface area contributed by atoms with Crippen molar-refractivity contribution in [2.24, 2.45) is 0 Å². The van der Waals surface area contributed by atoms with Crippen molar-refractivity contribution in [2.75, 3.05) is 13.1 Å². The van der Waals surface area contributed by atoms with Crippen LogP contribution in [0.3, 0.4) is 0 Å². The molecule has 1 aromatic heterocycles. The molecule has 1 saturated heterocycles. The van der Waals surface area contributed by atoms with Gasteiger partial charge in [-0.3, -0.25) is 0 Å². The minimum atomic E-state index is -10.7. The van der Waals surface area contributed by atoms with Crippen LogP contribution in [0.25, 0.3) is 0 Å². The van der Waals surface area contributed by atoms with Gasteiger partial charge in [-0.15, -0.1) is 0 Å². The second-order valence-corrected chi connectivity index (χ2v) is 10.8. The molecule has 0 amide bonds. The molecule has 1 aliphatic rings. The molecule has 0 aromatic carbocycles. The summed E-state index contributed by atoms with van der Waals surface area (Å²) in [6.45, 7) is 2.70. The molecule has 0 N–H and O–H groups in total. The summed E-state index contributed by atoms with van der Waals surface area (Å²) in [5.41, 5.74) is 0. The molecule has 2 rings (SSSR count). The van der Waals surface area contributed by atoms with E-state index in [0.717, 1.165) is 29.0 Å². The molecule has 2 heterocycles. The van der Waals surface area contributed by atoms with Gasteiger partial charge in [-0.2, -0.15) is 0 Å². The van der Waals surface area contributed by atoms with Crippen molar-refractivity contribution >= 4 is 36.8 Å². The molecular weight excluding hydrogens is 413 g/mol. The van der Waals surface area contributed by atoms with E-state index in [-0.39, 0.29) is 0 Å². The van der Waals surface area contributed by atoms with Crippen molar-refractivity contribution in [2.45, 2.75) is 19.3 Å². The third-order valence-electron chi connectivity index (χ3n) is 2.01. The molecule has 0 spiro atoms. The van der Waals surface area contributed by atoms with Crippen molar-refractivity contribution in [1.82, 2.24) is 4.58 Å². The summed E-state index contributed by atoms with van der Waals surface area (Å²) in [5, 5.41) is 0. The van der Waals surface area contributed by atoms with E-state index in [9.17, 15) is 25.2 Å². The molecule has 0 bridgehead atoms. The van der Waals surface area contributed by atoms with Gasteiger partial charge < -0.3 is 0 Å². The summed E-state index contributed by atoms with van der Waals surface area (Å²) in [4.78, 5) is 4.77. The first-order valence-corrected chi connectivity index (χ1v) is 10.8. The van der Waals surface area contributed by atoms with Crippen LogP contribution in [0.2, 0.25) is 0 Å². The molecule has 0 radical (unpaired) electrons. The molecule has 0 aliphatic carbocycles. The summed E-state index contributed by atoms with van der Waals surface area (Å²) >= 11 is 1.47. The monoisotopic (exact) mass is 427 g/mol. The van der Waals surface area contributed by atoms with E-state index in [2.05, 4.69) is 14.5 Å². The van der Waals surface area contributed by atoms with E-state index in [4.69, 9.17) is 0 Å². The predicted molar refractivity (Wildman–Crippen MR) is 62.7 cm³/mol. The topological polar surface area (TPSA) is 3.01 Å². The quantitative estimate of drug-likeness (QED) is 0.260. The second-order valence-electron chi connectivity index (χ2n) is 3.78. The van der Waals surface area contributed by atoms with Crippen molar-refractivity contribution < 1.29 is 25.2 Å². The van der Waals surface area contributed by atoms with E-state index in [0.29, 0.717) is 0 Å². The van der Waals surface area contributed by atoms with Gasteiger partial charge in [0.25, 0.3) is 0 Å². The Kier molecular flexibility index (Phi) is 4.68. The SMILES string of the molecule is F[P-](F)(F)(F)(F)F.c1c[se]c(=[N+]2CCCCC2)[se]1. The molecule has 108 valence electrons. The Morgan fingerprint density at radius 1 is 0.833 bits per heavy atom. The Morgan fingerprint density at radius 3 is 1.61 bits per heavy atom. The van der Waals surface area contributed by atoms with Gasteiger partial charge in [0.15, 0.2) is 0 Å². The van der Waals surface area contributed by atoms with E-state index >= 15 is 0 Å². The fourth-order valence-corrected chi connectivity index (χ4v) is 6.68. The number of nitrogens with zero attached hydrogens (tertiary/aromatic N) is 1. The van der Waals surface area contributed by atoms with Crippen LogP contribution < -0.4 is 7.68 Å². The summed E-state index contributed by atoms with van der Waals surface area (Å²) in [5.74, 6) is 0. The van der Waals surface area contributed by atoms with Crippen molar-refractivity contribution in [3.8, 4) is 0 Å². The summed E-state index contributed by atoms with van der Waals surface area (Å²) < 4.78 is 63.6. The fourth-order valence-electron chi connectivity index (χ4n) is 1.43. The van der Waals surface area contributed by atoms with Gasteiger partial charge in [0.1, 0.15) is 0 Å². The van der Waals surface area contributed by atoms with E-state index in [1.165, 1.54) is 32.4 Å². The Balaban J connectivity index is 0.000000203. The normalized spacial score (nSPS) is 20.4. The maximum atomic E-state index is 9.87. The Bertz CT molecular complexity index is 422. The molecule has 0 atom stereocenters. The summed E-state index contributed by atoms with van der Waals surface area (Å²) in [6, 6.07) is 0. The predicted octanol–water partition coefficient (Wildman–Crippen LogP) is 3.14. The molecule has 18 heavy (non-hydrogen) atoms.